The van der Waals surface area contributed by atoms with Gasteiger partial charge in [-0.25, -0.2) is 4.79 Å². The van der Waals surface area contributed by atoms with Gasteiger partial charge in [0.1, 0.15) is 6.04 Å². The van der Waals surface area contributed by atoms with Crippen molar-refractivity contribution in [3.63, 3.8) is 0 Å². The number of rotatable bonds is 6. The van der Waals surface area contributed by atoms with Crippen LogP contribution in [-0.4, -0.2) is 37.6 Å². The SMILES string of the molecule is CCN(C)[C@@H](C(=O)Nc1cccc(NC(=O)OC)c1)c1ccccc1. The van der Waals surface area contributed by atoms with E-state index in [1.165, 1.54) is 7.11 Å². The maximum atomic E-state index is 12.8. The van der Waals surface area contributed by atoms with Crippen LogP contribution in [0.5, 0.6) is 0 Å². The number of hydrogen-bond donors (Lipinski definition) is 2. The predicted octanol–water partition coefficient (Wildman–Crippen LogP) is 3.50. The first-order valence-electron chi connectivity index (χ1n) is 8.06. The number of nitrogens with zero attached hydrogens (tertiary/aromatic N) is 1. The molecule has 0 radical (unpaired) electrons. The Morgan fingerprint density at radius 3 is 2.28 bits per heavy atom. The van der Waals surface area contributed by atoms with Crippen molar-refractivity contribution in [2.45, 2.75) is 13.0 Å². The Bertz CT molecular complexity index is 719. The zero-order chi connectivity index (χ0) is 18.2. The molecule has 2 aromatic carbocycles. The Hall–Kier alpha value is -2.86. The highest BCUT2D eigenvalue weighted by Crippen LogP contribution is 2.22. The lowest BCUT2D eigenvalue weighted by Crippen LogP contribution is -2.34. The summed E-state index contributed by atoms with van der Waals surface area (Å²) in [5, 5.41) is 5.49. The summed E-state index contributed by atoms with van der Waals surface area (Å²) in [6.45, 7) is 2.74. The van der Waals surface area contributed by atoms with Gasteiger partial charge in [0.25, 0.3) is 0 Å². The Kier molecular flexibility index (Phi) is 6.54. The van der Waals surface area contributed by atoms with Crippen LogP contribution in [0, 0.1) is 0 Å². The maximum Gasteiger partial charge on any atom is 0.411 e. The largest absolute Gasteiger partial charge is 0.453 e. The molecule has 25 heavy (non-hydrogen) atoms. The van der Waals surface area contributed by atoms with Crippen LogP contribution in [0.2, 0.25) is 0 Å². The van der Waals surface area contributed by atoms with Crippen molar-refractivity contribution in [2.75, 3.05) is 31.3 Å². The third-order valence-corrected chi connectivity index (χ3v) is 3.87. The van der Waals surface area contributed by atoms with E-state index in [9.17, 15) is 9.59 Å². The van der Waals surface area contributed by atoms with Crippen LogP contribution in [0.1, 0.15) is 18.5 Å². The van der Waals surface area contributed by atoms with E-state index in [0.717, 1.165) is 12.1 Å². The van der Waals surface area contributed by atoms with Gasteiger partial charge in [0.05, 0.1) is 7.11 Å². The summed E-state index contributed by atoms with van der Waals surface area (Å²) in [6, 6.07) is 16.2. The molecule has 6 heteroatoms. The molecule has 0 aliphatic heterocycles. The van der Waals surface area contributed by atoms with Crippen LogP contribution >= 0.6 is 0 Å². The average molecular weight is 341 g/mol. The summed E-state index contributed by atoms with van der Waals surface area (Å²) in [7, 11) is 3.21. The smallest absolute Gasteiger partial charge is 0.411 e. The molecular weight excluding hydrogens is 318 g/mol. The lowest BCUT2D eigenvalue weighted by atomic mass is 10.0. The number of carbonyl (C=O) groups is 2. The average Bonchev–Trinajstić information content (AvgIpc) is 2.62. The van der Waals surface area contributed by atoms with Gasteiger partial charge in [-0.3, -0.25) is 15.0 Å². The number of anilines is 2. The van der Waals surface area contributed by atoms with Crippen LogP contribution in [0.4, 0.5) is 16.2 Å². The zero-order valence-electron chi connectivity index (χ0n) is 14.7. The maximum absolute atomic E-state index is 12.8. The van der Waals surface area contributed by atoms with Gasteiger partial charge >= 0.3 is 6.09 Å². The fourth-order valence-electron chi connectivity index (χ4n) is 2.48. The molecule has 2 N–H and O–H groups in total. The highest BCUT2D eigenvalue weighted by Gasteiger charge is 2.24. The normalized spacial score (nSPS) is 11.7. The van der Waals surface area contributed by atoms with E-state index in [2.05, 4.69) is 15.4 Å². The molecule has 0 unspecified atom stereocenters. The molecule has 1 atom stereocenters. The van der Waals surface area contributed by atoms with Crippen molar-refractivity contribution >= 4 is 23.4 Å². The fourth-order valence-corrected chi connectivity index (χ4v) is 2.48. The molecule has 0 fully saturated rings. The van der Waals surface area contributed by atoms with Crippen LogP contribution in [0.25, 0.3) is 0 Å². The van der Waals surface area contributed by atoms with E-state index >= 15 is 0 Å². The lowest BCUT2D eigenvalue weighted by molar-refractivity contribution is -0.121. The molecule has 0 bridgehead atoms. The third kappa shape index (κ3) is 5.06. The van der Waals surface area contributed by atoms with Gasteiger partial charge in [-0.2, -0.15) is 0 Å². The van der Waals surface area contributed by atoms with E-state index in [0.29, 0.717) is 11.4 Å². The minimum absolute atomic E-state index is 0.134. The first-order chi connectivity index (χ1) is 12.0. The first kappa shape index (κ1) is 18.5. The Labute approximate surface area is 147 Å². The molecule has 0 saturated heterocycles. The second-order valence-electron chi connectivity index (χ2n) is 5.57. The van der Waals surface area contributed by atoms with E-state index in [1.807, 2.05) is 49.2 Å². The van der Waals surface area contributed by atoms with Crippen LogP contribution in [-0.2, 0) is 9.53 Å². The molecule has 0 aliphatic carbocycles. The summed E-state index contributed by atoms with van der Waals surface area (Å²) < 4.78 is 4.57. The van der Waals surface area contributed by atoms with Crippen LogP contribution < -0.4 is 10.6 Å². The van der Waals surface area contributed by atoms with E-state index < -0.39 is 12.1 Å². The monoisotopic (exact) mass is 341 g/mol. The molecule has 0 aromatic heterocycles. The minimum atomic E-state index is -0.559. The van der Waals surface area contributed by atoms with Crippen molar-refractivity contribution in [1.29, 1.82) is 0 Å². The molecule has 0 heterocycles. The predicted molar refractivity (Wildman–Crippen MR) is 98.6 cm³/mol. The van der Waals surface area contributed by atoms with Gasteiger partial charge in [-0.05, 0) is 37.4 Å². The summed E-state index contributed by atoms with van der Waals surface area (Å²) in [6.07, 6.45) is -0.559. The molecule has 2 amide bonds. The van der Waals surface area contributed by atoms with Crippen molar-refractivity contribution in [2.24, 2.45) is 0 Å². The number of nitrogens with one attached hydrogen (secondary N) is 2. The number of ether oxygens (including phenoxy) is 1. The second-order valence-corrected chi connectivity index (χ2v) is 5.57. The Balaban J connectivity index is 2.18. The topological polar surface area (TPSA) is 70.7 Å². The van der Waals surface area contributed by atoms with Gasteiger partial charge in [0, 0.05) is 11.4 Å². The molecule has 2 aromatic rings. The Morgan fingerprint density at radius 1 is 1.04 bits per heavy atom. The van der Waals surface area contributed by atoms with Crippen molar-refractivity contribution in [1.82, 2.24) is 4.90 Å². The van der Waals surface area contributed by atoms with Gasteiger partial charge in [0.15, 0.2) is 0 Å². The molecule has 0 saturated carbocycles. The van der Waals surface area contributed by atoms with E-state index in [-0.39, 0.29) is 5.91 Å². The van der Waals surface area contributed by atoms with Crippen LogP contribution in [0.15, 0.2) is 54.6 Å². The molecule has 2 rings (SSSR count). The lowest BCUT2D eigenvalue weighted by Gasteiger charge is -2.26. The first-order valence-corrected chi connectivity index (χ1v) is 8.06. The fraction of sp³-hybridized carbons (Fsp3) is 0.263. The number of amides is 2. The number of benzene rings is 2. The molecule has 6 nitrogen and oxygen atoms in total. The summed E-state index contributed by atoms with van der Waals surface area (Å²) in [5.41, 5.74) is 2.07. The number of carbonyl (C=O) groups excluding carboxylic acids is 2. The number of methoxy groups -OCH3 is 1. The van der Waals surface area contributed by atoms with E-state index in [4.69, 9.17) is 0 Å². The molecular formula is C19H23N3O3. The van der Waals surface area contributed by atoms with E-state index in [1.54, 1.807) is 24.3 Å². The van der Waals surface area contributed by atoms with Gasteiger partial charge in [-0.15, -0.1) is 0 Å². The molecule has 132 valence electrons. The summed E-state index contributed by atoms with van der Waals surface area (Å²) in [4.78, 5) is 26.1. The van der Waals surface area contributed by atoms with Crippen molar-refractivity contribution in [3.05, 3.63) is 60.2 Å². The zero-order valence-corrected chi connectivity index (χ0v) is 14.7. The van der Waals surface area contributed by atoms with Crippen molar-refractivity contribution in [3.8, 4) is 0 Å². The standard InChI is InChI=1S/C19H23N3O3/c1-4-22(2)17(14-9-6-5-7-10-14)18(23)20-15-11-8-12-16(13-15)21-19(24)25-3/h5-13,17H,4H2,1-3H3,(H,20,23)(H,21,24)/t17-/m1/s1. The third-order valence-electron chi connectivity index (χ3n) is 3.87. The van der Waals surface area contributed by atoms with Gasteiger partial charge < -0.3 is 10.1 Å². The Morgan fingerprint density at radius 2 is 1.68 bits per heavy atom. The summed E-state index contributed by atoms with van der Waals surface area (Å²) >= 11 is 0. The molecule has 0 spiro atoms. The highest BCUT2D eigenvalue weighted by molar-refractivity contribution is 5.96. The van der Waals surface area contributed by atoms with Gasteiger partial charge in [-0.1, -0.05) is 43.3 Å². The number of hydrogen-bond acceptors (Lipinski definition) is 4. The quantitative estimate of drug-likeness (QED) is 0.844. The molecule has 0 aliphatic rings. The minimum Gasteiger partial charge on any atom is -0.453 e. The van der Waals surface area contributed by atoms with Crippen LogP contribution in [0.3, 0.4) is 0 Å². The second kappa shape index (κ2) is 8.84. The number of likely N-dealkylation sites (N-methyl/N-ethyl adjacent to an activating group) is 1. The summed E-state index contributed by atoms with van der Waals surface area (Å²) in [5.74, 6) is -0.134. The highest BCUT2D eigenvalue weighted by atomic mass is 16.5. The van der Waals surface area contributed by atoms with Gasteiger partial charge in [0.2, 0.25) is 5.91 Å². The van der Waals surface area contributed by atoms with Crippen molar-refractivity contribution < 1.29 is 14.3 Å².